The van der Waals surface area contributed by atoms with E-state index in [1.54, 1.807) is 30.2 Å². The third kappa shape index (κ3) is 3.87. The van der Waals surface area contributed by atoms with Crippen LogP contribution in [-0.2, 0) is 14.3 Å². The molecule has 1 aliphatic heterocycles. The van der Waals surface area contributed by atoms with Crippen LogP contribution in [0.25, 0.3) is 0 Å². The number of carbonyl (C=O) groups is 2. The summed E-state index contributed by atoms with van der Waals surface area (Å²) in [6.45, 7) is 1.23. The number of benzene rings is 1. The molecule has 0 spiro atoms. The second-order valence-electron chi connectivity index (χ2n) is 4.79. The third-order valence-electron chi connectivity index (χ3n) is 3.32. The summed E-state index contributed by atoms with van der Waals surface area (Å²) in [5, 5.41) is 3.56. The molecule has 0 aromatic heterocycles. The number of ether oxygens (including phenoxy) is 1. The molecule has 114 valence electrons. The number of nitrogens with zero attached hydrogens (tertiary/aromatic N) is 1. The van der Waals surface area contributed by atoms with Crippen molar-refractivity contribution in [1.29, 1.82) is 0 Å². The lowest BCUT2D eigenvalue weighted by Crippen LogP contribution is -2.34. The highest BCUT2D eigenvalue weighted by atomic mass is 35.5. The van der Waals surface area contributed by atoms with E-state index in [9.17, 15) is 9.59 Å². The maximum atomic E-state index is 12.1. The number of rotatable bonds is 5. The Labute approximate surface area is 133 Å². The Morgan fingerprint density at radius 3 is 2.86 bits per heavy atom. The van der Waals surface area contributed by atoms with Crippen molar-refractivity contribution in [2.24, 2.45) is 5.92 Å². The molecule has 1 aromatic rings. The molecule has 21 heavy (non-hydrogen) atoms. The van der Waals surface area contributed by atoms with Gasteiger partial charge in [0, 0.05) is 32.3 Å². The summed E-state index contributed by atoms with van der Waals surface area (Å²) >= 11 is 11.8. The molecule has 0 radical (unpaired) electrons. The molecule has 1 saturated heterocycles. The van der Waals surface area contributed by atoms with Crippen molar-refractivity contribution < 1.29 is 14.3 Å². The van der Waals surface area contributed by atoms with Crippen LogP contribution < -0.4 is 10.2 Å². The van der Waals surface area contributed by atoms with Crippen LogP contribution in [0, 0.1) is 5.92 Å². The molecule has 1 fully saturated rings. The number of anilines is 1. The van der Waals surface area contributed by atoms with Gasteiger partial charge in [0.25, 0.3) is 0 Å². The van der Waals surface area contributed by atoms with Crippen molar-refractivity contribution in [3.8, 4) is 0 Å². The first-order valence-electron chi connectivity index (χ1n) is 6.55. The highest BCUT2D eigenvalue weighted by Crippen LogP contribution is 2.30. The molecule has 0 bridgehead atoms. The van der Waals surface area contributed by atoms with Crippen LogP contribution in [0.4, 0.5) is 5.69 Å². The van der Waals surface area contributed by atoms with Gasteiger partial charge in [-0.15, -0.1) is 0 Å². The molecule has 2 rings (SSSR count). The van der Waals surface area contributed by atoms with Crippen LogP contribution in [0.5, 0.6) is 0 Å². The van der Waals surface area contributed by atoms with E-state index in [0.717, 1.165) is 0 Å². The molecular formula is C14H16Cl2N2O3. The van der Waals surface area contributed by atoms with E-state index in [-0.39, 0.29) is 24.2 Å². The van der Waals surface area contributed by atoms with Gasteiger partial charge in [-0.2, -0.15) is 0 Å². The number of methoxy groups -OCH3 is 1. The normalized spacial score (nSPS) is 18.1. The van der Waals surface area contributed by atoms with E-state index in [0.29, 0.717) is 35.4 Å². The summed E-state index contributed by atoms with van der Waals surface area (Å²) in [5.74, 6) is -0.591. The maximum Gasteiger partial charge on any atom is 0.227 e. The van der Waals surface area contributed by atoms with Gasteiger partial charge in [-0.1, -0.05) is 23.2 Å². The fourth-order valence-electron chi connectivity index (χ4n) is 2.21. The minimum Gasteiger partial charge on any atom is -0.383 e. The molecule has 1 N–H and O–H groups in total. The number of hydrogen-bond acceptors (Lipinski definition) is 3. The van der Waals surface area contributed by atoms with Gasteiger partial charge in [-0.05, 0) is 18.2 Å². The average molecular weight is 331 g/mol. The fraction of sp³-hybridized carbons (Fsp3) is 0.429. The molecular weight excluding hydrogens is 315 g/mol. The lowest BCUT2D eigenvalue weighted by Gasteiger charge is -2.17. The molecule has 2 amide bonds. The zero-order chi connectivity index (χ0) is 15.4. The van der Waals surface area contributed by atoms with Crippen LogP contribution in [-0.4, -0.2) is 38.6 Å². The summed E-state index contributed by atoms with van der Waals surface area (Å²) in [6.07, 6.45) is 0.194. The Balaban J connectivity index is 2.02. The molecule has 1 unspecified atom stereocenters. The Hall–Kier alpha value is -1.30. The van der Waals surface area contributed by atoms with Gasteiger partial charge < -0.3 is 15.0 Å². The highest BCUT2D eigenvalue weighted by molar-refractivity contribution is 6.42. The third-order valence-corrected chi connectivity index (χ3v) is 4.06. The SMILES string of the molecule is COCCNC(=O)C1CC(=O)N(c2ccc(Cl)c(Cl)c2)C1. The van der Waals surface area contributed by atoms with E-state index in [1.807, 2.05) is 0 Å². The first-order chi connectivity index (χ1) is 10.0. The summed E-state index contributed by atoms with van der Waals surface area (Å²) in [7, 11) is 1.57. The zero-order valence-electron chi connectivity index (χ0n) is 11.6. The minimum absolute atomic E-state index is 0.0970. The number of halogens is 2. The first-order valence-corrected chi connectivity index (χ1v) is 7.30. The maximum absolute atomic E-state index is 12.1. The summed E-state index contributed by atoms with van der Waals surface area (Å²) < 4.78 is 4.87. The Morgan fingerprint density at radius 2 is 2.19 bits per heavy atom. The van der Waals surface area contributed by atoms with Crippen molar-refractivity contribution in [1.82, 2.24) is 5.32 Å². The summed E-state index contributed by atoms with van der Waals surface area (Å²) in [6, 6.07) is 4.99. The number of carbonyl (C=O) groups excluding carboxylic acids is 2. The van der Waals surface area contributed by atoms with Crippen LogP contribution in [0.1, 0.15) is 6.42 Å². The van der Waals surface area contributed by atoms with Crippen LogP contribution in [0.3, 0.4) is 0 Å². The average Bonchev–Trinajstić information content (AvgIpc) is 2.84. The number of nitrogens with one attached hydrogen (secondary N) is 1. The predicted octanol–water partition coefficient (Wildman–Crippen LogP) is 2.11. The van der Waals surface area contributed by atoms with Gasteiger partial charge in [0.05, 0.1) is 22.6 Å². The summed E-state index contributed by atoms with van der Waals surface area (Å²) in [5.41, 5.74) is 0.654. The van der Waals surface area contributed by atoms with Crippen LogP contribution in [0.2, 0.25) is 10.0 Å². The Morgan fingerprint density at radius 1 is 1.43 bits per heavy atom. The smallest absolute Gasteiger partial charge is 0.227 e. The van der Waals surface area contributed by atoms with E-state index >= 15 is 0 Å². The quantitative estimate of drug-likeness (QED) is 0.841. The molecule has 1 aliphatic rings. The van der Waals surface area contributed by atoms with Crippen molar-refractivity contribution in [2.45, 2.75) is 6.42 Å². The van der Waals surface area contributed by atoms with E-state index in [2.05, 4.69) is 5.32 Å². The Kier molecular flexibility index (Phi) is 5.45. The molecule has 1 heterocycles. The second-order valence-corrected chi connectivity index (χ2v) is 5.60. The highest BCUT2D eigenvalue weighted by Gasteiger charge is 2.35. The second kappa shape index (κ2) is 7.11. The van der Waals surface area contributed by atoms with Crippen molar-refractivity contribution in [3.05, 3.63) is 28.2 Å². The van der Waals surface area contributed by atoms with E-state index in [1.165, 1.54) is 0 Å². The van der Waals surface area contributed by atoms with E-state index < -0.39 is 0 Å². The number of amides is 2. The topological polar surface area (TPSA) is 58.6 Å². The monoisotopic (exact) mass is 330 g/mol. The molecule has 1 atom stereocenters. The molecule has 1 aromatic carbocycles. The van der Waals surface area contributed by atoms with Gasteiger partial charge in [-0.25, -0.2) is 0 Å². The fourth-order valence-corrected chi connectivity index (χ4v) is 2.50. The van der Waals surface area contributed by atoms with Gasteiger partial charge in [0.1, 0.15) is 0 Å². The van der Waals surface area contributed by atoms with Crippen molar-refractivity contribution in [2.75, 3.05) is 31.7 Å². The lowest BCUT2D eigenvalue weighted by atomic mass is 10.1. The zero-order valence-corrected chi connectivity index (χ0v) is 13.1. The number of hydrogen-bond donors (Lipinski definition) is 1. The molecule has 5 nitrogen and oxygen atoms in total. The molecule has 7 heteroatoms. The molecule has 0 saturated carbocycles. The molecule has 0 aliphatic carbocycles. The first kappa shape index (κ1) is 16.1. The predicted molar refractivity (Wildman–Crippen MR) is 81.8 cm³/mol. The van der Waals surface area contributed by atoms with Gasteiger partial charge in [-0.3, -0.25) is 9.59 Å². The van der Waals surface area contributed by atoms with E-state index in [4.69, 9.17) is 27.9 Å². The van der Waals surface area contributed by atoms with Crippen LogP contribution in [0.15, 0.2) is 18.2 Å². The minimum atomic E-state index is -0.358. The standard InChI is InChI=1S/C14H16Cl2N2O3/c1-21-5-4-17-14(20)9-6-13(19)18(8-9)10-2-3-11(15)12(16)7-10/h2-3,7,9H,4-6,8H2,1H3,(H,17,20). The summed E-state index contributed by atoms with van der Waals surface area (Å²) in [4.78, 5) is 25.6. The van der Waals surface area contributed by atoms with Crippen molar-refractivity contribution >= 4 is 40.7 Å². The van der Waals surface area contributed by atoms with Gasteiger partial charge in [0.2, 0.25) is 11.8 Å². The van der Waals surface area contributed by atoms with Gasteiger partial charge >= 0.3 is 0 Å². The largest absolute Gasteiger partial charge is 0.383 e. The lowest BCUT2D eigenvalue weighted by molar-refractivity contribution is -0.126. The van der Waals surface area contributed by atoms with Crippen molar-refractivity contribution in [3.63, 3.8) is 0 Å². The van der Waals surface area contributed by atoms with Gasteiger partial charge in [0.15, 0.2) is 0 Å². The van der Waals surface area contributed by atoms with Crippen LogP contribution >= 0.6 is 23.2 Å². The Bertz CT molecular complexity index is 551.